The molecule has 0 fully saturated rings. The Bertz CT molecular complexity index is 818. The lowest BCUT2D eigenvalue weighted by atomic mass is 10.1. The lowest BCUT2D eigenvalue weighted by molar-refractivity contribution is 0.0930. The predicted octanol–water partition coefficient (Wildman–Crippen LogP) is 3.48. The molecule has 2 heterocycles. The van der Waals surface area contributed by atoms with Crippen LogP contribution >= 0.6 is 0 Å². The molecule has 1 aromatic carbocycles. The Morgan fingerprint density at radius 1 is 1.22 bits per heavy atom. The Balaban J connectivity index is 1.79. The van der Waals surface area contributed by atoms with Gasteiger partial charge >= 0.3 is 0 Å². The summed E-state index contributed by atoms with van der Waals surface area (Å²) in [5.41, 5.74) is 2.21. The zero-order chi connectivity index (χ0) is 16.4. The van der Waals surface area contributed by atoms with Crippen LogP contribution in [0.3, 0.4) is 0 Å². The Hall–Kier alpha value is -2.82. The van der Waals surface area contributed by atoms with Crippen molar-refractivity contribution in [3.05, 3.63) is 65.5 Å². The minimum atomic E-state index is -0.161. The molecule has 1 unspecified atom stereocenters. The quantitative estimate of drug-likeness (QED) is 0.802. The van der Waals surface area contributed by atoms with Crippen LogP contribution in [0, 0.1) is 6.92 Å². The van der Waals surface area contributed by atoms with Gasteiger partial charge in [-0.3, -0.25) is 9.48 Å². The molecule has 3 rings (SSSR count). The van der Waals surface area contributed by atoms with Crippen molar-refractivity contribution < 1.29 is 9.21 Å². The molecular formula is C18H19N3O2. The van der Waals surface area contributed by atoms with Crippen molar-refractivity contribution in [1.82, 2.24) is 15.1 Å². The van der Waals surface area contributed by atoms with E-state index >= 15 is 0 Å². The van der Waals surface area contributed by atoms with Gasteiger partial charge in [-0.25, -0.2) is 0 Å². The number of aryl methyl sites for hydroxylation is 2. The molecule has 1 amide bonds. The van der Waals surface area contributed by atoms with Gasteiger partial charge in [0.05, 0.1) is 6.04 Å². The van der Waals surface area contributed by atoms with Crippen LogP contribution in [0.1, 0.15) is 34.8 Å². The number of benzene rings is 1. The second-order valence-electron chi connectivity index (χ2n) is 5.55. The molecule has 0 bridgehead atoms. The van der Waals surface area contributed by atoms with E-state index in [1.807, 2.05) is 56.3 Å². The molecule has 0 aliphatic rings. The smallest absolute Gasteiger partial charge is 0.270 e. The highest BCUT2D eigenvalue weighted by atomic mass is 16.3. The van der Waals surface area contributed by atoms with Crippen LogP contribution in [-0.4, -0.2) is 15.7 Å². The first kappa shape index (κ1) is 15.1. The zero-order valence-electron chi connectivity index (χ0n) is 13.4. The largest absolute Gasteiger partial charge is 0.460 e. The average Bonchev–Trinajstić information content (AvgIpc) is 3.14. The van der Waals surface area contributed by atoms with Crippen LogP contribution in [0.5, 0.6) is 0 Å². The van der Waals surface area contributed by atoms with E-state index in [9.17, 15) is 4.79 Å². The molecule has 5 nitrogen and oxygen atoms in total. The van der Waals surface area contributed by atoms with Gasteiger partial charge in [-0.2, -0.15) is 5.10 Å². The van der Waals surface area contributed by atoms with Crippen molar-refractivity contribution >= 4 is 5.91 Å². The molecule has 1 atom stereocenters. The van der Waals surface area contributed by atoms with Crippen LogP contribution in [0.2, 0.25) is 0 Å². The van der Waals surface area contributed by atoms with Crippen LogP contribution in [0.15, 0.2) is 52.9 Å². The number of amides is 1. The van der Waals surface area contributed by atoms with E-state index in [2.05, 4.69) is 10.4 Å². The number of furan rings is 1. The highest BCUT2D eigenvalue weighted by Crippen LogP contribution is 2.21. The fourth-order valence-corrected chi connectivity index (χ4v) is 2.47. The number of hydrogen-bond acceptors (Lipinski definition) is 3. The van der Waals surface area contributed by atoms with E-state index in [1.54, 1.807) is 17.8 Å². The minimum Gasteiger partial charge on any atom is -0.460 e. The van der Waals surface area contributed by atoms with E-state index in [1.165, 1.54) is 0 Å². The van der Waals surface area contributed by atoms with Gasteiger partial charge in [0, 0.05) is 13.1 Å². The monoisotopic (exact) mass is 309 g/mol. The van der Waals surface area contributed by atoms with E-state index in [0.717, 1.165) is 11.3 Å². The van der Waals surface area contributed by atoms with E-state index < -0.39 is 0 Å². The van der Waals surface area contributed by atoms with Crippen molar-refractivity contribution in [3.63, 3.8) is 0 Å². The summed E-state index contributed by atoms with van der Waals surface area (Å²) in [4.78, 5) is 12.5. The molecule has 0 saturated carbocycles. The first-order valence-electron chi connectivity index (χ1n) is 7.51. The average molecular weight is 309 g/mol. The first-order valence-corrected chi connectivity index (χ1v) is 7.51. The number of hydrogen-bond donors (Lipinski definition) is 1. The Labute approximate surface area is 134 Å². The van der Waals surface area contributed by atoms with Gasteiger partial charge in [0.1, 0.15) is 17.1 Å². The minimum absolute atomic E-state index is 0.0760. The van der Waals surface area contributed by atoms with Crippen molar-refractivity contribution in [2.24, 2.45) is 7.05 Å². The van der Waals surface area contributed by atoms with Crippen molar-refractivity contribution in [3.8, 4) is 11.5 Å². The summed E-state index contributed by atoms with van der Waals surface area (Å²) in [6, 6.07) is 15.2. The fourth-order valence-electron chi connectivity index (χ4n) is 2.47. The molecule has 23 heavy (non-hydrogen) atoms. The van der Waals surface area contributed by atoms with Gasteiger partial charge in [-0.15, -0.1) is 0 Å². The third-order valence-corrected chi connectivity index (χ3v) is 3.75. The second kappa shape index (κ2) is 6.12. The highest BCUT2D eigenvalue weighted by molar-refractivity contribution is 5.93. The summed E-state index contributed by atoms with van der Waals surface area (Å²) in [5, 5.41) is 7.35. The molecule has 0 aliphatic heterocycles. The summed E-state index contributed by atoms with van der Waals surface area (Å²) in [5.74, 6) is 1.31. The summed E-state index contributed by atoms with van der Waals surface area (Å²) in [6.07, 6.45) is 0. The molecule has 3 aromatic rings. The molecule has 1 N–H and O–H groups in total. The topological polar surface area (TPSA) is 60.1 Å². The number of nitrogens with zero attached hydrogens (tertiary/aromatic N) is 2. The van der Waals surface area contributed by atoms with Crippen LogP contribution < -0.4 is 5.32 Å². The summed E-state index contributed by atoms with van der Waals surface area (Å²) >= 11 is 0. The van der Waals surface area contributed by atoms with Crippen molar-refractivity contribution in [2.45, 2.75) is 19.9 Å². The Morgan fingerprint density at radius 2 is 1.96 bits per heavy atom. The number of nitrogens with one attached hydrogen (secondary N) is 1. The van der Waals surface area contributed by atoms with E-state index in [-0.39, 0.29) is 11.9 Å². The standard InChI is InChI=1S/C18H19N3O2/c1-12-9-10-17(23-12)15-11-16(21(3)20-15)18(22)19-13(2)14-7-5-4-6-8-14/h4-11,13H,1-3H3,(H,19,22). The fraction of sp³-hybridized carbons (Fsp3) is 0.222. The maximum Gasteiger partial charge on any atom is 0.270 e. The lowest BCUT2D eigenvalue weighted by Gasteiger charge is -2.14. The van der Waals surface area contributed by atoms with Gasteiger partial charge in [-0.05, 0) is 31.5 Å². The van der Waals surface area contributed by atoms with Gasteiger partial charge in [-0.1, -0.05) is 30.3 Å². The molecule has 0 radical (unpaired) electrons. The number of carbonyl (C=O) groups excluding carboxylic acids is 1. The molecule has 118 valence electrons. The summed E-state index contributed by atoms with van der Waals surface area (Å²) in [7, 11) is 1.75. The van der Waals surface area contributed by atoms with Gasteiger partial charge < -0.3 is 9.73 Å². The number of rotatable bonds is 4. The summed E-state index contributed by atoms with van der Waals surface area (Å²) in [6.45, 7) is 3.84. The molecule has 5 heteroatoms. The Morgan fingerprint density at radius 3 is 2.61 bits per heavy atom. The molecule has 0 saturated heterocycles. The second-order valence-corrected chi connectivity index (χ2v) is 5.55. The van der Waals surface area contributed by atoms with Crippen molar-refractivity contribution in [1.29, 1.82) is 0 Å². The number of carbonyl (C=O) groups is 1. The van der Waals surface area contributed by atoms with E-state index in [4.69, 9.17) is 4.42 Å². The molecule has 0 aliphatic carbocycles. The van der Waals surface area contributed by atoms with Crippen LogP contribution in [-0.2, 0) is 7.05 Å². The third-order valence-electron chi connectivity index (χ3n) is 3.75. The van der Waals surface area contributed by atoms with Crippen molar-refractivity contribution in [2.75, 3.05) is 0 Å². The molecule has 0 spiro atoms. The first-order chi connectivity index (χ1) is 11.0. The Kier molecular flexibility index (Phi) is 4.02. The predicted molar refractivity (Wildman–Crippen MR) is 88.0 cm³/mol. The van der Waals surface area contributed by atoms with Crippen LogP contribution in [0.25, 0.3) is 11.5 Å². The third kappa shape index (κ3) is 3.18. The van der Waals surface area contributed by atoms with Gasteiger partial charge in [0.15, 0.2) is 5.76 Å². The summed E-state index contributed by atoms with van der Waals surface area (Å²) < 4.78 is 7.13. The zero-order valence-corrected chi connectivity index (χ0v) is 13.4. The van der Waals surface area contributed by atoms with Gasteiger partial charge in [0.2, 0.25) is 0 Å². The van der Waals surface area contributed by atoms with E-state index in [0.29, 0.717) is 17.1 Å². The lowest BCUT2D eigenvalue weighted by Crippen LogP contribution is -2.28. The molecule has 2 aromatic heterocycles. The molecular weight excluding hydrogens is 290 g/mol. The maximum absolute atomic E-state index is 12.5. The van der Waals surface area contributed by atoms with Gasteiger partial charge in [0.25, 0.3) is 5.91 Å². The normalized spacial score (nSPS) is 12.1. The SMILES string of the molecule is Cc1ccc(-c2cc(C(=O)NC(C)c3ccccc3)n(C)n2)o1. The number of aromatic nitrogens is 2. The maximum atomic E-state index is 12.5. The van der Waals surface area contributed by atoms with Crippen LogP contribution in [0.4, 0.5) is 0 Å². The highest BCUT2D eigenvalue weighted by Gasteiger charge is 2.18.